The van der Waals surface area contributed by atoms with Crippen LogP contribution in [-0.2, 0) is 18.4 Å². The molecule has 0 aliphatic heterocycles. The Morgan fingerprint density at radius 1 is 0.769 bits per heavy atom. The fraction of sp³-hybridized carbons (Fsp3) is 0.130. The summed E-state index contributed by atoms with van der Waals surface area (Å²) in [4.78, 5) is 0. The standard InChI is InChI=1S/C23H21N3/c1-2-23(17-19-11-5-3-6-12-19,18-20-13-7-4-8-14-20)26-22-16-10-9-15-21(22)24-25-26/h2-16H,1,17-18H2. The van der Waals surface area contributed by atoms with E-state index in [1.807, 2.05) is 41.1 Å². The fourth-order valence-corrected chi connectivity index (χ4v) is 3.54. The van der Waals surface area contributed by atoms with Gasteiger partial charge in [-0.25, -0.2) is 4.68 Å². The molecule has 128 valence electrons. The summed E-state index contributed by atoms with van der Waals surface area (Å²) in [5.74, 6) is 0. The number of para-hydroxylation sites is 1. The molecule has 0 atom stereocenters. The number of aromatic nitrogens is 3. The fourth-order valence-electron chi connectivity index (χ4n) is 3.54. The summed E-state index contributed by atoms with van der Waals surface area (Å²) >= 11 is 0. The molecule has 1 heterocycles. The molecule has 3 aromatic carbocycles. The van der Waals surface area contributed by atoms with Gasteiger partial charge in [-0.3, -0.25) is 0 Å². The molecule has 3 nitrogen and oxygen atoms in total. The van der Waals surface area contributed by atoms with E-state index >= 15 is 0 Å². The zero-order valence-electron chi connectivity index (χ0n) is 14.6. The second kappa shape index (κ2) is 6.96. The van der Waals surface area contributed by atoms with Crippen LogP contribution < -0.4 is 0 Å². The Morgan fingerprint density at radius 3 is 1.88 bits per heavy atom. The molecule has 0 saturated carbocycles. The van der Waals surface area contributed by atoms with Crippen molar-refractivity contribution < 1.29 is 0 Å². The Morgan fingerprint density at radius 2 is 1.31 bits per heavy atom. The minimum absolute atomic E-state index is 0.390. The topological polar surface area (TPSA) is 30.7 Å². The van der Waals surface area contributed by atoms with Gasteiger partial charge in [0.1, 0.15) is 5.52 Å². The average molecular weight is 339 g/mol. The molecule has 4 aromatic rings. The van der Waals surface area contributed by atoms with Gasteiger partial charge in [-0.15, -0.1) is 11.7 Å². The molecule has 0 radical (unpaired) electrons. The molecule has 0 N–H and O–H groups in total. The van der Waals surface area contributed by atoms with Crippen LogP contribution in [0.5, 0.6) is 0 Å². The SMILES string of the molecule is C=CC(Cc1ccccc1)(Cc1ccccc1)n1nnc2ccccc21. The Bertz CT molecular complexity index is 962. The highest BCUT2D eigenvalue weighted by Crippen LogP contribution is 2.30. The van der Waals surface area contributed by atoms with E-state index < -0.39 is 5.54 Å². The summed E-state index contributed by atoms with van der Waals surface area (Å²) in [5.41, 5.74) is 4.05. The highest BCUT2D eigenvalue weighted by atomic mass is 15.5. The first-order valence-electron chi connectivity index (χ1n) is 8.83. The van der Waals surface area contributed by atoms with Gasteiger partial charge in [0.05, 0.1) is 11.1 Å². The van der Waals surface area contributed by atoms with E-state index in [1.165, 1.54) is 11.1 Å². The molecule has 1 aromatic heterocycles. The van der Waals surface area contributed by atoms with E-state index in [4.69, 9.17) is 0 Å². The Kier molecular flexibility index (Phi) is 4.36. The van der Waals surface area contributed by atoms with E-state index in [0.29, 0.717) is 0 Å². The molecule has 3 heteroatoms. The van der Waals surface area contributed by atoms with Gasteiger partial charge in [-0.05, 0) is 23.3 Å². The van der Waals surface area contributed by atoms with E-state index in [9.17, 15) is 0 Å². The third-order valence-corrected chi connectivity index (χ3v) is 4.86. The zero-order valence-corrected chi connectivity index (χ0v) is 14.6. The number of rotatable bonds is 6. The molecule has 0 bridgehead atoms. The van der Waals surface area contributed by atoms with Crippen molar-refractivity contribution in [1.29, 1.82) is 0 Å². The van der Waals surface area contributed by atoms with Gasteiger partial charge in [-0.2, -0.15) is 0 Å². The number of hydrogen-bond donors (Lipinski definition) is 0. The third kappa shape index (κ3) is 3.04. The number of nitrogens with zero attached hydrogens (tertiary/aromatic N) is 3. The molecule has 4 rings (SSSR count). The first-order chi connectivity index (χ1) is 12.8. The van der Waals surface area contributed by atoms with Gasteiger partial charge in [-0.1, -0.05) is 84.1 Å². The molecule has 0 fully saturated rings. The third-order valence-electron chi connectivity index (χ3n) is 4.86. The van der Waals surface area contributed by atoms with Gasteiger partial charge < -0.3 is 0 Å². The highest BCUT2D eigenvalue weighted by molar-refractivity contribution is 5.74. The van der Waals surface area contributed by atoms with E-state index in [-0.39, 0.29) is 0 Å². The van der Waals surface area contributed by atoms with Crippen LogP contribution in [0.3, 0.4) is 0 Å². The molecule has 0 aliphatic carbocycles. The van der Waals surface area contributed by atoms with Crippen LogP contribution in [0, 0.1) is 0 Å². The van der Waals surface area contributed by atoms with Gasteiger partial charge in [0.15, 0.2) is 0 Å². The maximum absolute atomic E-state index is 4.53. The molecule has 26 heavy (non-hydrogen) atoms. The van der Waals surface area contributed by atoms with Gasteiger partial charge in [0.25, 0.3) is 0 Å². The lowest BCUT2D eigenvalue weighted by Gasteiger charge is -2.32. The highest BCUT2D eigenvalue weighted by Gasteiger charge is 2.32. The second-order valence-electron chi connectivity index (χ2n) is 6.62. The van der Waals surface area contributed by atoms with Gasteiger partial charge >= 0.3 is 0 Å². The summed E-state index contributed by atoms with van der Waals surface area (Å²) in [5, 5.41) is 8.91. The number of hydrogen-bond acceptors (Lipinski definition) is 2. The quantitative estimate of drug-likeness (QED) is 0.473. The summed E-state index contributed by atoms with van der Waals surface area (Å²) < 4.78 is 2.04. The maximum atomic E-state index is 4.53. The predicted octanol–water partition coefficient (Wildman–Crippen LogP) is 4.80. The van der Waals surface area contributed by atoms with E-state index in [1.54, 1.807) is 0 Å². The van der Waals surface area contributed by atoms with Crippen molar-refractivity contribution in [3.05, 3.63) is 109 Å². The lowest BCUT2D eigenvalue weighted by molar-refractivity contribution is 0.331. The minimum Gasteiger partial charge on any atom is -0.234 e. The zero-order chi connectivity index (χ0) is 17.8. The Hall–Kier alpha value is -3.20. The number of fused-ring (bicyclic) bond motifs is 1. The lowest BCUT2D eigenvalue weighted by Crippen LogP contribution is -2.37. The molecule has 0 amide bonds. The smallest absolute Gasteiger partial charge is 0.113 e. The second-order valence-corrected chi connectivity index (χ2v) is 6.62. The van der Waals surface area contributed by atoms with Crippen molar-refractivity contribution in [3.8, 4) is 0 Å². The molecule has 0 saturated heterocycles. The lowest BCUT2D eigenvalue weighted by atomic mass is 9.84. The van der Waals surface area contributed by atoms with Crippen LogP contribution >= 0.6 is 0 Å². The summed E-state index contributed by atoms with van der Waals surface area (Å²) in [6, 6.07) is 29.1. The van der Waals surface area contributed by atoms with Crippen LogP contribution in [-0.4, -0.2) is 15.0 Å². The molecular weight excluding hydrogens is 318 g/mol. The van der Waals surface area contributed by atoms with Crippen LogP contribution in [0.25, 0.3) is 11.0 Å². The van der Waals surface area contributed by atoms with Gasteiger partial charge in [0, 0.05) is 12.8 Å². The van der Waals surface area contributed by atoms with Crippen molar-refractivity contribution in [2.75, 3.05) is 0 Å². The van der Waals surface area contributed by atoms with Crippen molar-refractivity contribution in [2.45, 2.75) is 18.4 Å². The Balaban J connectivity index is 1.86. The maximum Gasteiger partial charge on any atom is 0.113 e. The summed E-state index contributed by atoms with van der Waals surface area (Å²) in [6.45, 7) is 4.20. The Labute approximate surface area is 153 Å². The van der Waals surface area contributed by atoms with E-state index in [2.05, 4.69) is 71.5 Å². The first kappa shape index (κ1) is 16.3. The van der Waals surface area contributed by atoms with Crippen molar-refractivity contribution in [2.24, 2.45) is 0 Å². The molecule has 0 aliphatic rings. The van der Waals surface area contributed by atoms with Crippen LogP contribution in [0.2, 0.25) is 0 Å². The number of benzene rings is 3. The monoisotopic (exact) mass is 339 g/mol. The summed E-state index contributed by atoms with van der Waals surface area (Å²) in [6.07, 6.45) is 3.63. The van der Waals surface area contributed by atoms with Crippen LogP contribution in [0.1, 0.15) is 11.1 Å². The largest absolute Gasteiger partial charge is 0.234 e. The molecular formula is C23H21N3. The van der Waals surface area contributed by atoms with Crippen LogP contribution in [0.4, 0.5) is 0 Å². The molecule has 0 unspecified atom stereocenters. The van der Waals surface area contributed by atoms with Crippen molar-refractivity contribution in [3.63, 3.8) is 0 Å². The van der Waals surface area contributed by atoms with Crippen molar-refractivity contribution in [1.82, 2.24) is 15.0 Å². The van der Waals surface area contributed by atoms with Gasteiger partial charge in [0.2, 0.25) is 0 Å². The van der Waals surface area contributed by atoms with E-state index in [0.717, 1.165) is 23.9 Å². The minimum atomic E-state index is -0.390. The average Bonchev–Trinajstić information content (AvgIpc) is 3.14. The summed E-state index contributed by atoms with van der Waals surface area (Å²) in [7, 11) is 0. The molecule has 0 spiro atoms. The van der Waals surface area contributed by atoms with Crippen molar-refractivity contribution >= 4 is 11.0 Å². The first-order valence-corrected chi connectivity index (χ1v) is 8.83. The number of allylic oxidation sites excluding steroid dienone is 1. The normalized spacial score (nSPS) is 11.5. The van der Waals surface area contributed by atoms with Crippen LogP contribution in [0.15, 0.2) is 97.6 Å². The predicted molar refractivity (Wildman–Crippen MR) is 106 cm³/mol.